The standard InChI is InChI=1S/C15H22FNO2/c1-11(18)13-3-4-15(14(16)9-13)17-7-5-12(6-8-17)10-19-2/h3-4,9,11-12,18H,5-8,10H2,1-2H3/t11-/m1/s1. The van der Waals surface area contributed by atoms with E-state index in [-0.39, 0.29) is 5.82 Å². The Morgan fingerprint density at radius 2 is 2.11 bits per heavy atom. The summed E-state index contributed by atoms with van der Waals surface area (Å²) in [7, 11) is 1.72. The highest BCUT2D eigenvalue weighted by molar-refractivity contribution is 5.49. The van der Waals surface area contributed by atoms with E-state index in [0.717, 1.165) is 32.5 Å². The number of piperidine rings is 1. The lowest BCUT2D eigenvalue weighted by atomic mass is 9.97. The summed E-state index contributed by atoms with van der Waals surface area (Å²) in [5, 5.41) is 9.45. The molecule has 1 aromatic carbocycles. The number of ether oxygens (including phenoxy) is 1. The van der Waals surface area contributed by atoms with Crippen molar-refractivity contribution in [3.05, 3.63) is 29.6 Å². The molecule has 1 aliphatic rings. The van der Waals surface area contributed by atoms with Crippen LogP contribution >= 0.6 is 0 Å². The molecule has 1 heterocycles. The van der Waals surface area contributed by atoms with Crippen LogP contribution in [0.15, 0.2) is 18.2 Å². The normalized spacial score (nSPS) is 18.6. The van der Waals surface area contributed by atoms with E-state index < -0.39 is 6.10 Å². The molecule has 1 aromatic rings. The fourth-order valence-electron chi connectivity index (χ4n) is 2.62. The van der Waals surface area contributed by atoms with Crippen LogP contribution in [0.4, 0.5) is 10.1 Å². The molecule has 0 spiro atoms. The average molecular weight is 267 g/mol. The third kappa shape index (κ3) is 3.45. The van der Waals surface area contributed by atoms with Crippen LogP contribution in [0.1, 0.15) is 31.4 Å². The van der Waals surface area contributed by atoms with Crippen LogP contribution < -0.4 is 4.90 Å². The quantitative estimate of drug-likeness (QED) is 0.910. The van der Waals surface area contributed by atoms with E-state index in [4.69, 9.17) is 4.74 Å². The number of aliphatic hydroxyl groups excluding tert-OH is 1. The first-order valence-electron chi connectivity index (χ1n) is 6.83. The molecule has 1 aliphatic heterocycles. The second-order valence-electron chi connectivity index (χ2n) is 5.27. The van der Waals surface area contributed by atoms with Crippen LogP contribution in [0, 0.1) is 11.7 Å². The Balaban J connectivity index is 2.03. The molecule has 0 aromatic heterocycles. The zero-order valence-corrected chi connectivity index (χ0v) is 11.6. The van der Waals surface area contributed by atoms with Crippen molar-refractivity contribution in [2.45, 2.75) is 25.9 Å². The van der Waals surface area contributed by atoms with Crippen molar-refractivity contribution < 1.29 is 14.2 Å². The largest absolute Gasteiger partial charge is 0.389 e. The molecule has 1 saturated heterocycles. The maximum absolute atomic E-state index is 14.1. The van der Waals surface area contributed by atoms with E-state index >= 15 is 0 Å². The highest BCUT2D eigenvalue weighted by Crippen LogP contribution is 2.27. The number of hydrogen-bond acceptors (Lipinski definition) is 3. The molecule has 3 nitrogen and oxygen atoms in total. The number of rotatable bonds is 4. The summed E-state index contributed by atoms with van der Waals surface area (Å²) in [5.41, 5.74) is 1.26. The molecule has 1 atom stereocenters. The second kappa shape index (κ2) is 6.35. The van der Waals surface area contributed by atoms with Gasteiger partial charge in [-0.25, -0.2) is 4.39 Å². The van der Waals surface area contributed by atoms with Gasteiger partial charge in [-0.15, -0.1) is 0 Å². The zero-order chi connectivity index (χ0) is 13.8. The summed E-state index contributed by atoms with van der Waals surface area (Å²) in [4.78, 5) is 2.08. The third-order valence-electron chi connectivity index (χ3n) is 3.81. The summed E-state index contributed by atoms with van der Waals surface area (Å²) in [6, 6.07) is 5.00. The van der Waals surface area contributed by atoms with Crippen molar-refractivity contribution in [2.24, 2.45) is 5.92 Å². The fraction of sp³-hybridized carbons (Fsp3) is 0.600. The highest BCUT2D eigenvalue weighted by atomic mass is 19.1. The molecule has 19 heavy (non-hydrogen) atoms. The number of hydrogen-bond donors (Lipinski definition) is 1. The maximum Gasteiger partial charge on any atom is 0.146 e. The van der Waals surface area contributed by atoms with Crippen molar-refractivity contribution in [3.63, 3.8) is 0 Å². The Labute approximate surface area is 114 Å². The monoisotopic (exact) mass is 267 g/mol. The van der Waals surface area contributed by atoms with Gasteiger partial charge < -0.3 is 14.7 Å². The molecule has 106 valence electrons. The van der Waals surface area contributed by atoms with Crippen molar-refractivity contribution in [2.75, 3.05) is 31.7 Å². The number of methoxy groups -OCH3 is 1. The van der Waals surface area contributed by atoms with Crippen LogP contribution in [0.25, 0.3) is 0 Å². The number of anilines is 1. The van der Waals surface area contributed by atoms with E-state index in [2.05, 4.69) is 4.90 Å². The number of halogens is 1. The minimum atomic E-state index is -0.629. The van der Waals surface area contributed by atoms with Gasteiger partial charge in [-0.2, -0.15) is 0 Å². The first-order chi connectivity index (χ1) is 9.11. The molecule has 0 radical (unpaired) electrons. The lowest BCUT2D eigenvalue weighted by Gasteiger charge is -2.33. The Morgan fingerprint density at radius 3 is 2.63 bits per heavy atom. The topological polar surface area (TPSA) is 32.7 Å². The molecule has 1 fully saturated rings. The van der Waals surface area contributed by atoms with Gasteiger partial charge in [-0.1, -0.05) is 6.07 Å². The Bertz CT molecular complexity index is 415. The van der Waals surface area contributed by atoms with Gasteiger partial charge in [0.15, 0.2) is 0 Å². The van der Waals surface area contributed by atoms with E-state index in [9.17, 15) is 9.50 Å². The Kier molecular flexibility index (Phi) is 4.77. The van der Waals surface area contributed by atoms with E-state index in [1.807, 2.05) is 0 Å². The molecular weight excluding hydrogens is 245 g/mol. The predicted molar refractivity (Wildman–Crippen MR) is 73.8 cm³/mol. The van der Waals surface area contributed by atoms with Crippen molar-refractivity contribution >= 4 is 5.69 Å². The number of aliphatic hydroxyl groups is 1. The van der Waals surface area contributed by atoms with Gasteiger partial charge in [0, 0.05) is 26.8 Å². The van der Waals surface area contributed by atoms with E-state index in [1.54, 1.807) is 26.2 Å². The molecule has 0 amide bonds. The molecule has 4 heteroatoms. The lowest BCUT2D eigenvalue weighted by molar-refractivity contribution is 0.139. The average Bonchev–Trinajstić information content (AvgIpc) is 2.40. The van der Waals surface area contributed by atoms with Gasteiger partial charge >= 0.3 is 0 Å². The smallest absolute Gasteiger partial charge is 0.146 e. The maximum atomic E-state index is 14.1. The van der Waals surface area contributed by atoms with Gasteiger partial charge in [0.2, 0.25) is 0 Å². The van der Waals surface area contributed by atoms with Crippen LogP contribution in [0.3, 0.4) is 0 Å². The molecule has 0 saturated carbocycles. The van der Waals surface area contributed by atoms with Crippen LogP contribution in [0.2, 0.25) is 0 Å². The minimum Gasteiger partial charge on any atom is -0.389 e. The van der Waals surface area contributed by atoms with E-state index in [1.165, 1.54) is 6.07 Å². The second-order valence-corrected chi connectivity index (χ2v) is 5.27. The van der Waals surface area contributed by atoms with Crippen LogP contribution in [-0.2, 0) is 4.74 Å². The summed E-state index contributed by atoms with van der Waals surface area (Å²) in [6.07, 6.45) is 1.44. The number of benzene rings is 1. The lowest BCUT2D eigenvalue weighted by Crippen LogP contribution is -2.35. The van der Waals surface area contributed by atoms with Crippen molar-refractivity contribution in [1.82, 2.24) is 0 Å². The summed E-state index contributed by atoms with van der Waals surface area (Å²) in [6.45, 7) is 4.15. The summed E-state index contributed by atoms with van der Waals surface area (Å²) < 4.78 is 19.2. The van der Waals surface area contributed by atoms with Crippen LogP contribution in [0.5, 0.6) is 0 Å². The highest BCUT2D eigenvalue weighted by Gasteiger charge is 2.21. The zero-order valence-electron chi connectivity index (χ0n) is 11.6. The Hall–Kier alpha value is -1.13. The molecule has 0 aliphatic carbocycles. The van der Waals surface area contributed by atoms with Gasteiger partial charge in [0.25, 0.3) is 0 Å². The van der Waals surface area contributed by atoms with Gasteiger partial charge in [0.05, 0.1) is 11.8 Å². The summed E-state index contributed by atoms with van der Waals surface area (Å²) in [5.74, 6) is 0.338. The van der Waals surface area contributed by atoms with Gasteiger partial charge in [0.1, 0.15) is 5.82 Å². The summed E-state index contributed by atoms with van der Waals surface area (Å²) >= 11 is 0. The van der Waals surface area contributed by atoms with Crippen LogP contribution in [-0.4, -0.2) is 31.9 Å². The van der Waals surface area contributed by atoms with Crippen molar-refractivity contribution in [1.29, 1.82) is 0 Å². The Morgan fingerprint density at radius 1 is 1.42 bits per heavy atom. The molecule has 0 bridgehead atoms. The predicted octanol–water partition coefficient (Wildman–Crippen LogP) is 2.74. The fourth-order valence-corrected chi connectivity index (χ4v) is 2.62. The minimum absolute atomic E-state index is 0.247. The third-order valence-corrected chi connectivity index (χ3v) is 3.81. The molecule has 0 unspecified atom stereocenters. The van der Waals surface area contributed by atoms with Crippen molar-refractivity contribution in [3.8, 4) is 0 Å². The number of nitrogens with zero attached hydrogens (tertiary/aromatic N) is 1. The first-order valence-corrected chi connectivity index (χ1v) is 6.83. The molecule has 2 rings (SSSR count). The molecular formula is C15H22FNO2. The van der Waals surface area contributed by atoms with Gasteiger partial charge in [-0.05, 0) is 43.4 Å². The van der Waals surface area contributed by atoms with Gasteiger partial charge in [-0.3, -0.25) is 0 Å². The molecule has 1 N–H and O–H groups in total. The van der Waals surface area contributed by atoms with E-state index in [0.29, 0.717) is 17.2 Å². The first kappa shape index (κ1) is 14.3. The SMILES string of the molecule is COCC1CCN(c2ccc([C@@H](C)O)cc2F)CC1.